The van der Waals surface area contributed by atoms with Crippen molar-refractivity contribution in [3.8, 4) is 11.5 Å². The minimum absolute atomic E-state index is 0.00136. The van der Waals surface area contributed by atoms with Crippen LogP contribution in [0.3, 0.4) is 0 Å². The highest BCUT2D eigenvalue weighted by atomic mass is 16.7. The van der Waals surface area contributed by atoms with Gasteiger partial charge in [-0.3, -0.25) is 4.90 Å². The lowest BCUT2D eigenvalue weighted by Gasteiger charge is -2.44. The van der Waals surface area contributed by atoms with Gasteiger partial charge in [-0.1, -0.05) is 6.07 Å². The Labute approximate surface area is 141 Å². The number of carbonyl (C=O) groups is 1. The average molecular weight is 333 g/mol. The van der Waals surface area contributed by atoms with Crippen LogP contribution in [0.2, 0.25) is 0 Å². The van der Waals surface area contributed by atoms with Gasteiger partial charge in [-0.2, -0.15) is 0 Å². The molecule has 0 aromatic heterocycles. The molecule has 0 bridgehead atoms. The highest BCUT2D eigenvalue weighted by Gasteiger charge is 2.42. The topological polar surface area (TPSA) is 57.2 Å². The van der Waals surface area contributed by atoms with Gasteiger partial charge in [0.15, 0.2) is 11.5 Å². The maximum Gasteiger partial charge on any atom is 0.410 e. The zero-order valence-corrected chi connectivity index (χ0v) is 14.3. The van der Waals surface area contributed by atoms with Crippen LogP contribution in [0.4, 0.5) is 4.79 Å². The van der Waals surface area contributed by atoms with E-state index in [2.05, 4.69) is 6.07 Å². The van der Waals surface area contributed by atoms with Gasteiger partial charge in [0.2, 0.25) is 6.79 Å². The fourth-order valence-electron chi connectivity index (χ4n) is 3.68. The molecule has 6 heteroatoms. The standard InChI is InChI=1S/C18H23NO5/c1-18(2,3)24-17(20)19-6-7-21-15-9-12-11(8-13(15)19)4-5-14-16(12)23-10-22-14/h4-5,13,15H,6-10H2,1-3H3/t13-,15-/m1/s1. The molecular weight excluding hydrogens is 310 g/mol. The van der Waals surface area contributed by atoms with Gasteiger partial charge in [0, 0.05) is 18.5 Å². The summed E-state index contributed by atoms with van der Waals surface area (Å²) in [6.07, 6.45) is 1.18. The van der Waals surface area contributed by atoms with Crippen LogP contribution in [-0.4, -0.2) is 48.7 Å². The number of ether oxygens (including phenoxy) is 4. The summed E-state index contributed by atoms with van der Waals surface area (Å²) in [4.78, 5) is 14.4. The van der Waals surface area contributed by atoms with Gasteiger partial charge in [-0.15, -0.1) is 0 Å². The van der Waals surface area contributed by atoms with Crippen molar-refractivity contribution in [1.29, 1.82) is 0 Å². The Bertz CT molecular complexity index is 666. The first-order chi connectivity index (χ1) is 11.4. The number of benzene rings is 1. The van der Waals surface area contributed by atoms with E-state index in [1.807, 2.05) is 31.7 Å². The van der Waals surface area contributed by atoms with Crippen LogP contribution in [-0.2, 0) is 22.3 Å². The molecule has 4 rings (SSSR count). The van der Waals surface area contributed by atoms with Crippen LogP contribution in [0, 0.1) is 0 Å². The number of morpholine rings is 1. The minimum atomic E-state index is -0.497. The fourth-order valence-corrected chi connectivity index (χ4v) is 3.68. The lowest BCUT2D eigenvalue weighted by Crippen LogP contribution is -2.57. The zero-order chi connectivity index (χ0) is 16.9. The molecule has 0 spiro atoms. The van der Waals surface area contributed by atoms with Crippen molar-refractivity contribution in [2.45, 2.75) is 51.4 Å². The Morgan fingerprint density at radius 3 is 2.88 bits per heavy atom. The van der Waals surface area contributed by atoms with E-state index >= 15 is 0 Å². The molecule has 1 aromatic carbocycles. The van der Waals surface area contributed by atoms with Crippen molar-refractivity contribution < 1.29 is 23.7 Å². The summed E-state index contributed by atoms with van der Waals surface area (Å²) in [7, 11) is 0. The first-order valence-electron chi connectivity index (χ1n) is 8.44. The lowest BCUT2D eigenvalue weighted by molar-refractivity contribution is -0.0783. The smallest absolute Gasteiger partial charge is 0.410 e. The Kier molecular flexibility index (Phi) is 3.60. The number of carbonyl (C=O) groups excluding carboxylic acids is 1. The van der Waals surface area contributed by atoms with Crippen molar-refractivity contribution >= 4 is 6.09 Å². The Morgan fingerprint density at radius 1 is 1.25 bits per heavy atom. The van der Waals surface area contributed by atoms with Gasteiger partial charge in [0.25, 0.3) is 0 Å². The predicted octanol–water partition coefficient (Wildman–Crippen LogP) is 2.52. The highest BCUT2D eigenvalue weighted by molar-refractivity contribution is 5.69. The van der Waals surface area contributed by atoms with Crippen LogP contribution in [0.15, 0.2) is 12.1 Å². The molecule has 1 saturated heterocycles. The molecule has 2 aliphatic heterocycles. The molecule has 130 valence electrons. The number of nitrogens with zero attached hydrogens (tertiary/aromatic N) is 1. The van der Waals surface area contributed by atoms with Gasteiger partial charge in [-0.25, -0.2) is 4.79 Å². The van der Waals surface area contributed by atoms with E-state index in [-0.39, 0.29) is 25.0 Å². The van der Waals surface area contributed by atoms with Gasteiger partial charge in [0.1, 0.15) is 5.60 Å². The molecule has 0 N–H and O–H groups in total. The lowest BCUT2D eigenvalue weighted by atomic mass is 9.84. The van der Waals surface area contributed by atoms with E-state index in [0.717, 1.165) is 29.9 Å². The molecule has 3 aliphatic rings. The third-order valence-electron chi connectivity index (χ3n) is 4.70. The molecule has 0 saturated carbocycles. The van der Waals surface area contributed by atoms with Crippen LogP contribution in [0.5, 0.6) is 11.5 Å². The normalized spacial score (nSPS) is 25.0. The molecule has 2 atom stereocenters. The van der Waals surface area contributed by atoms with Crippen LogP contribution in [0.1, 0.15) is 31.9 Å². The SMILES string of the molecule is CC(C)(C)OC(=O)N1CCO[C@@H]2Cc3c(ccc4c3OCO4)C[C@H]21. The summed E-state index contributed by atoms with van der Waals surface area (Å²) in [5.74, 6) is 1.64. The largest absolute Gasteiger partial charge is 0.454 e. The fraction of sp³-hybridized carbons (Fsp3) is 0.611. The molecule has 1 fully saturated rings. The molecule has 0 radical (unpaired) electrons. The first kappa shape index (κ1) is 15.6. The monoisotopic (exact) mass is 333 g/mol. The molecule has 1 aromatic rings. The summed E-state index contributed by atoms with van der Waals surface area (Å²) in [5.41, 5.74) is 1.85. The van der Waals surface area contributed by atoms with Crippen molar-refractivity contribution in [2.24, 2.45) is 0 Å². The maximum absolute atomic E-state index is 12.6. The number of rotatable bonds is 0. The predicted molar refractivity (Wildman–Crippen MR) is 86.4 cm³/mol. The van der Waals surface area contributed by atoms with E-state index in [4.69, 9.17) is 18.9 Å². The van der Waals surface area contributed by atoms with E-state index < -0.39 is 5.60 Å². The van der Waals surface area contributed by atoms with E-state index in [9.17, 15) is 4.79 Å². The van der Waals surface area contributed by atoms with Gasteiger partial charge in [0.05, 0.1) is 18.8 Å². The second-order valence-electron chi connectivity index (χ2n) is 7.50. The quantitative estimate of drug-likeness (QED) is 0.730. The Morgan fingerprint density at radius 2 is 2.08 bits per heavy atom. The highest BCUT2D eigenvalue weighted by Crippen LogP contribution is 2.42. The summed E-state index contributed by atoms with van der Waals surface area (Å²) >= 11 is 0. The molecule has 2 heterocycles. The summed E-state index contributed by atoms with van der Waals surface area (Å²) in [5, 5.41) is 0. The molecular formula is C18H23NO5. The Hall–Kier alpha value is -1.95. The van der Waals surface area contributed by atoms with Crippen molar-refractivity contribution in [2.75, 3.05) is 19.9 Å². The Balaban J connectivity index is 1.60. The second kappa shape index (κ2) is 5.55. The van der Waals surface area contributed by atoms with Crippen molar-refractivity contribution in [3.05, 3.63) is 23.3 Å². The van der Waals surface area contributed by atoms with Crippen LogP contribution >= 0.6 is 0 Å². The third-order valence-corrected chi connectivity index (χ3v) is 4.70. The summed E-state index contributed by atoms with van der Waals surface area (Å²) in [6, 6.07) is 4.02. The first-order valence-corrected chi connectivity index (χ1v) is 8.44. The molecule has 1 aliphatic carbocycles. The average Bonchev–Trinajstić information content (AvgIpc) is 2.99. The van der Waals surface area contributed by atoms with Gasteiger partial charge < -0.3 is 18.9 Å². The van der Waals surface area contributed by atoms with Crippen molar-refractivity contribution in [1.82, 2.24) is 4.90 Å². The minimum Gasteiger partial charge on any atom is -0.454 e. The molecule has 6 nitrogen and oxygen atoms in total. The number of amides is 1. The van der Waals surface area contributed by atoms with Gasteiger partial charge >= 0.3 is 6.09 Å². The third kappa shape index (κ3) is 2.69. The summed E-state index contributed by atoms with van der Waals surface area (Å²) in [6.45, 7) is 7.03. The van der Waals surface area contributed by atoms with E-state index in [0.29, 0.717) is 13.2 Å². The van der Waals surface area contributed by atoms with E-state index in [1.165, 1.54) is 5.56 Å². The molecule has 0 unspecified atom stereocenters. The van der Waals surface area contributed by atoms with Crippen molar-refractivity contribution in [3.63, 3.8) is 0 Å². The molecule has 24 heavy (non-hydrogen) atoms. The van der Waals surface area contributed by atoms with Gasteiger partial charge in [-0.05, 0) is 38.8 Å². The van der Waals surface area contributed by atoms with Crippen LogP contribution in [0.25, 0.3) is 0 Å². The number of hydrogen-bond donors (Lipinski definition) is 0. The second-order valence-corrected chi connectivity index (χ2v) is 7.50. The van der Waals surface area contributed by atoms with E-state index in [1.54, 1.807) is 0 Å². The molecule has 1 amide bonds. The zero-order valence-electron chi connectivity index (χ0n) is 14.3. The van der Waals surface area contributed by atoms with Crippen LogP contribution < -0.4 is 9.47 Å². The number of hydrogen-bond acceptors (Lipinski definition) is 5. The maximum atomic E-state index is 12.6. The summed E-state index contributed by atoms with van der Waals surface area (Å²) < 4.78 is 22.6. The number of fused-ring (bicyclic) bond motifs is 4.